The number of hydrogen-bond donors (Lipinski definition) is 0. The number of piperidine rings is 1. The first kappa shape index (κ1) is 15.6. The summed E-state index contributed by atoms with van der Waals surface area (Å²) in [5.41, 5.74) is -0.147. The first-order valence-corrected chi connectivity index (χ1v) is 9.17. The lowest BCUT2D eigenvalue weighted by Crippen LogP contribution is -2.46. The minimum absolute atomic E-state index is 0.0412. The van der Waals surface area contributed by atoms with Gasteiger partial charge in [-0.2, -0.15) is 0 Å². The number of rotatable bonds is 3. The SMILES string of the molecule is O=C(c1cccs1)N1CCC2(CC1)C[C@@H](Oc1ccccn1)CO2. The minimum atomic E-state index is -0.147. The summed E-state index contributed by atoms with van der Waals surface area (Å²) >= 11 is 1.50. The number of carbonyl (C=O) groups is 1. The van der Waals surface area contributed by atoms with E-state index in [9.17, 15) is 4.79 Å². The van der Waals surface area contributed by atoms with Crippen LogP contribution < -0.4 is 4.74 Å². The number of likely N-dealkylation sites (tertiary alicyclic amines) is 1. The standard InChI is InChI=1S/C18H20N2O3S/c21-17(15-4-3-11-24-15)20-9-6-18(7-10-20)12-14(13-22-18)23-16-5-1-2-8-19-16/h1-5,8,11,14H,6-7,9-10,12-13H2/t14-/m1/s1. The molecule has 0 saturated carbocycles. The highest BCUT2D eigenvalue weighted by atomic mass is 32.1. The average Bonchev–Trinajstić information content (AvgIpc) is 3.27. The highest BCUT2D eigenvalue weighted by Crippen LogP contribution is 2.37. The number of nitrogens with zero attached hydrogens (tertiary/aromatic N) is 2. The van der Waals surface area contributed by atoms with Crippen molar-refractivity contribution in [2.45, 2.75) is 31.0 Å². The molecule has 1 amide bonds. The zero-order chi connectivity index (χ0) is 16.4. The van der Waals surface area contributed by atoms with Gasteiger partial charge in [-0.15, -0.1) is 11.3 Å². The number of aromatic nitrogens is 1. The van der Waals surface area contributed by atoms with Crippen LogP contribution in [0.2, 0.25) is 0 Å². The van der Waals surface area contributed by atoms with Crippen molar-refractivity contribution in [2.75, 3.05) is 19.7 Å². The molecule has 4 rings (SSSR count). The van der Waals surface area contributed by atoms with Gasteiger partial charge in [0.05, 0.1) is 17.1 Å². The lowest BCUT2D eigenvalue weighted by Gasteiger charge is -2.38. The van der Waals surface area contributed by atoms with Crippen molar-refractivity contribution < 1.29 is 14.3 Å². The minimum Gasteiger partial charge on any atom is -0.472 e. The third-order valence-electron chi connectivity index (χ3n) is 4.79. The summed E-state index contributed by atoms with van der Waals surface area (Å²) in [6.07, 6.45) is 4.37. The van der Waals surface area contributed by atoms with E-state index in [1.165, 1.54) is 11.3 Å². The topological polar surface area (TPSA) is 51.7 Å². The summed E-state index contributed by atoms with van der Waals surface area (Å²) in [5, 5.41) is 1.94. The molecule has 24 heavy (non-hydrogen) atoms. The van der Waals surface area contributed by atoms with Crippen LogP contribution in [0.5, 0.6) is 5.88 Å². The Hall–Kier alpha value is -1.92. The summed E-state index contributed by atoms with van der Waals surface area (Å²) in [5.74, 6) is 0.785. The molecule has 0 radical (unpaired) electrons. The van der Waals surface area contributed by atoms with E-state index in [1.54, 1.807) is 6.20 Å². The molecule has 2 saturated heterocycles. The molecule has 5 nitrogen and oxygen atoms in total. The molecule has 6 heteroatoms. The van der Waals surface area contributed by atoms with Crippen molar-refractivity contribution in [1.29, 1.82) is 0 Å². The first-order chi connectivity index (χ1) is 11.7. The van der Waals surface area contributed by atoms with Gasteiger partial charge in [0.1, 0.15) is 6.10 Å². The molecule has 2 aliphatic rings. The third kappa shape index (κ3) is 3.16. The van der Waals surface area contributed by atoms with Crippen LogP contribution in [0.3, 0.4) is 0 Å². The Labute approximate surface area is 145 Å². The van der Waals surface area contributed by atoms with Crippen molar-refractivity contribution in [1.82, 2.24) is 9.88 Å². The van der Waals surface area contributed by atoms with Crippen LogP contribution in [-0.2, 0) is 4.74 Å². The van der Waals surface area contributed by atoms with Gasteiger partial charge in [0.25, 0.3) is 5.91 Å². The van der Waals surface area contributed by atoms with Gasteiger partial charge in [-0.25, -0.2) is 4.98 Å². The summed E-state index contributed by atoms with van der Waals surface area (Å²) in [6.45, 7) is 2.08. The molecule has 0 N–H and O–H groups in total. The van der Waals surface area contributed by atoms with E-state index in [0.29, 0.717) is 12.5 Å². The van der Waals surface area contributed by atoms with Gasteiger partial charge in [-0.3, -0.25) is 4.79 Å². The lowest BCUT2D eigenvalue weighted by molar-refractivity contribution is -0.0395. The number of amides is 1. The molecule has 1 atom stereocenters. The van der Waals surface area contributed by atoms with E-state index in [-0.39, 0.29) is 17.6 Å². The van der Waals surface area contributed by atoms with Gasteiger partial charge < -0.3 is 14.4 Å². The second-order valence-corrected chi connectivity index (χ2v) is 7.32. The summed E-state index contributed by atoms with van der Waals surface area (Å²) in [7, 11) is 0. The Morgan fingerprint density at radius 3 is 2.88 bits per heavy atom. The molecule has 0 aromatic carbocycles. The fourth-order valence-electron chi connectivity index (χ4n) is 3.49. The van der Waals surface area contributed by atoms with E-state index >= 15 is 0 Å². The molecule has 2 aliphatic heterocycles. The van der Waals surface area contributed by atoms with Crippen LogP contribution in [0.4, 0.5) is 0 Å². The Balaban J connectivity index is 1.33. The van der Waals surface area contributed by atoms with E-state index in [0.717, 1.165) is 37.2 Å². The predicted octanol–water partition coefficient (Wildman–Crippen LogP) is 2.99. The number of pyridine rings is 1. The fourth-order valence-corrected chi connectivity index (χ4v) is 4.18. The first-order valence-electron chi connectivity index (χ1n) is 8.29. The lowest BCUT2D eigenvalue weighted by atomic mass is 9.88. The maximum Gasteiger partial charge on any atom is 0.263 e. The van der Waals surface area contributed by atoms with Crippen molar-refractivity contribution in [2.24, 2.45) is 0 Å². The van der Waals surface area contributed by atoms with Crippen LogP contribution in [0.1, 0.15) is 28.9 Å². The maximum absolute atomic E-state index is 12.4. The molecule has 4 heterocycles. The maximum atomic E-state index is 12.4. The Kier molecular flexibility index (Phi) is 4.24. The largest absolute Gasteiger partial charge is 0.472 e. The second-order valence-electron chi connectivity index (χ2n) is 6.38. The number of ether oxygens (including phenoxy) is 2. The van der Waals surface area contributed by atoms with Crippen LogP contribution in [0, 0.1) is 0 Å². The molecule has 1 spiro atoms. The second kappa shape index (κ2) is 6.53. The zero-order valence-corrected chi connectivity index (χ0v) is 14.2. The normalized spacial score (nSPS) is 22.7. The third-order valence-corrected chi connectivity index (χ3v) is 5.65. The molecule has 2 aromatic heterocycles. The van der Waals surface area contributed by atoms with Gasteiger partial charge in [0.15, 0.2) is 0 Å². The van der Waals surface area contributed by atoms with Crippen molar-refractivity contribution >= 4 is 17.2 Å². The van der Waals surface area contributed by atoms with Crippen LogP contribution in [0.25, 0.3) is 0 Å². The fraction of sp³-hybridized carbons (Fsp3) is 0.444. The van der Waals surface area contributed by atoms with Crippen LogP contribution in [-0.4, -0.2) is 47.2 Å². The van der Waals surface area contributed by atoms with E-state index in [1.807, 2.05) is 40.6 Å². The molecule has 0 bridgehead atoms. The smallest absolute Gasteiger partial charge is 0.263 e. The van der Waals surface area contributed by atoms with Gasteiger partial charge in [0, 0.05) is 31.8 Å². The Morgan fingerprint density at radius 1 is 1.29 bits per heavy atom. The zero-order valence-electron chi connectivity index (χ0n) is 13.4. The van der Waals surface area contributed by atoms with E-state index in [2.05, 4.69) is 4.98 Å². The van der Waals surface area contributed by atoms with E-state index in [4.69, 9.17) is 9.47 Å². The van der Waals surface area contributed by atoms with Crippen LogP contribution >= 0.6 is 11.3 Å². The molecule has 0 unspecified atom stereocenters. The highest BCUT2D eigenvalue weighted by molar-refractivity contribution is 7.12. The summed E-state index contributed by atoms with van der Waals surface area (Å²) < 4.78 is 12.0. The average molecular weight is 344 g/mol. The van der Waals surface area contributed by atoms with Crippen molar-refractivity contribution in [3.05, 3.63) is 46.8 Å². The van der Waals surface area contributed by atoms with E-state index < -0.39 is 0 Å². The van der Waals surface area contributed by atoms with Gasteiger partial charge >= 0.3 is 0 Å². The Morgan fingerprint density at radius 2 is 2.17 bits per heavy atom. The molecule has 2 aromatic rings. The highest BCUT2D eigenvalue weighted by Gasteiger charge is 2.44. The van der Waals surface area contributed by atoms with Gasteiger partial charge in [-0.05, 0) is 30.4 Å². The number of thiophene rings is 1. The molecule has 126 valence electrons. The monoisotopic (exact) mass is 344 g/mol. The molecular formula is C18H20N2O3S. The van der Waals surface area contributed by atoms with Crippen LogP contribution in [0.15, 0.2) is 41.9 Å². The Bertz CT molecular complexity index is 682. The molecular weight excluding hydrogens is 324 g/mol. The quantitative estimate of drug-likeness (QED) is 0.859. The predicted molar refractivity (Wildman–Crippen MR) is 91.4 cm³/mol. The number of carbonyl (C=O) groups excluding carboxylic acids is 1. The van der Waals surface area contributed by atoms with Crippen molar-refractivity contribution in [3.8, 4) is 5.88 Å². The molecule has 2 fully saturated rings. The molecule has 0 aliphatic carbocycles. The summed E-state index contributed by atoms with van der Waals surface area (Å²) in [6, 6.07) is 9.47. The van der Waals surface area contributed by atoms with Crippen molar-refractivity contribution in [3.63, 3.8) is 0 Å². The van der Waals surface area contributed by atoms with Gasteiger partial charge in [-0.1, -0.05) is 12.1 Å². The van der Waals surface area contributed by atoms with Gasteiger partial charge in [0.2, 0.25) is 5.88 Å². The summed E-state index contributed by atoms with van der Waals surface area (Å²) in [4.78, 5) is 19.4. The number of hydrogen-bond acceptors (Lipinski definition) is 5.